The second-order valence-electron chi connectivity index (χ2n) is 5.42. The highest BCUT2D eigenvalue weighted by molar-refractivity contribution is 5.49. The zero-order valence-corrected chi connectivity index (χ0v) is 12.6. The minimum Gasteiger partial charge on any atom is -0.399 e. The molecule has 0 saturated heterocycles. The van der Waals surface area contributed by atoms with Crippen LogP contribution in [0.15, 0.2) is 48.5 Å². The van der Waals surface area contributed by atoms with Gasteiger partial charge in [-0.1, -0.05) is 24.3 Å². The molecular weight excluding hydrogens is 244 g/mol. The first-order valence-electron chi connectivity index (χ1n) is 7.28. The van der Waals surface area contributed by atoms with Gasteiger partial charge in [-0.05, 0) is 62.6 Å². The first-order valence-corrected chi connectivity index (χ1v) is 7.28. The molecule has 0 heterocycles. The molecule has 0 fully saturated rings. The van der Waals surface area contributed by atoms with Gasteiger partial charge in [-0.15, -0.1) is 0 Å². The number of likely N-dealkylation sites (N-methyl/N-ethyl adjacent to an activating group) is 1. The van der Waals surface area contributed by atoms with Crippen LogP contribution in [0.5, 0.6) is 0 Å². The minimum absolute atomic E-state index is 0.463. The summed E-state index contributed by atoms with van der Waals surface area (Å²) in [6, 6.07) is 17.4. The molecule has 0 amide bonds. The molecule has 2 aromatic rings. The zero-order chi connectivity index (χ0) is 14.5. The third-order valence-corrected chi connectivity index (χ3v) is 3.72. The largest absolute Gasteiger partial charge is 0.399 e. The van der Waals surface area contributed by atoms with Gasteiger partial charge in [-0.2, -0.15) is 0 Å². The van der Waals surface area contributed by atoms with Gasteiger partial charge in [0, 0.05) is 24.0 Å². The van der Waals surface area contributed by atoms with E-state index < -0.39 is 0 Å². The highest BCUT2D eigenvalue weighted by atomic mass is 15.1. The molecule has 0 aromatic heterocycles. The number of nitrogens with two attached hydrogens (primary N) is 1. The lowest BCUT2D eigenvalue weighted by Crippen LogP contribution is -2.34. The Labute approximate surface area is 122 Å². The van der Waals surface area contributed by atoms with E-state index in [2.05, 4.69) is 62.1 Å². The number of aryl methyl sites for hydroxylation is 1. The molecule has 0 aliphatic heterocycles. The van der Waals surface area contributed by atoms with Gasteiger partial charge >= 0.3 is 0 Å². The van der Waals surface area contributed by atoms with Gasteiger partial charge in [0.2, 0.25) is 0 Å². The van der Waals surface area contributed by atoms with Crippen LogP contribution in [-0.2, 0) is 6.42 Å². The first kappa shape index (κ1) is 14.4. The van der Waals surface area contributed by atoms with E-state index in [0.717, 1.165) is 18.7 Å². The predicted octanol–water partition coefficient (Wildman–Crippen LogP) is 4.03. The lowest BCUT2D eigenvalue weighted by Gasteiger charge is -2.30. The highest BCUT2D eigenvalue weighted by Crippen LogP contribution is 2.20. The summed E-state index contributed by atoms with van der Waals surface area (Å²) in [5, 5.41) is 0. The van der Waals surface area contributed by atoms with E-state index in [1.54, 1.807) is 0 Å². The molecule has 2 aromatic carbocycles. The second-order valence-corrected chi connectivity index (χ2v) is 5.42. The van der Waals surface area contributed by atoms with Crippen molar-refractivity contribution >= 4 is 11.4 Å². The molecule has 0 aliphatic carbocycles. The lowest BCUT2D eigenvalue weighted by atomic mass is 10.0. The Bertz CT molecular complexity index is 546. The van der Waals surface area contributed by atoms with Crippen LogP contribution in [0.2, 0.25) is 0 Å². The van der Waals surface area contributed by atoms with Crippen LogP contribution in [0.25, 0.3) is 0 Å². The zero-order valence-electron chi connectivity index (χ0n) is 12.6. The molecule has 106 valence electrons. The summed E-state index contributed by atoms with van der Waals surface area (Å²) in [6.07, 6.45) is 1.03. The van der Waals surface area contributed by atoms with E-state index in [9.17, 15) is 0 Å². The average molecular weight is 268 g/mol. The summed E-state index contributed by atoms with van der Waals surface area (Å²) in [6.45, 7) is 7.64. The number of nitrogens with zero attached hydrogens (tertiary/aromatic N) is 1. The third-order valence-electron chi connectivity index (χ3n) is 3.72. The average Bonchev–Trinajstić information content (AvgIpc) is 2.42. The fraction of sp³-hybridized carbons (Fsp3) is 0.333. The quantitative estimate of drug-likeness (QED) is 0.829. The summed E-state index contributed by atoms with van der Waals surface area (Å²) in [5.41, 5.74) is 10.5. The molecule has 2 N–H and O–H groups in total. The molecule has 2 nitrogen and oxygen atoms in total. The predicted molar refractivity (Wildman–Crippen MR) is 88.2 cm³/mol. The molecule has 0 spiro atoms. The van der Waals surface area contributed by atoms with Crippen LogP contribution in [0.3, 0.4) is 0 Å². The molecule has 1 unspecified atom stereocenters. The molecule has 20 heavy (non-hydrogen) atoms. The Kier molecular flexibility index (Phi) is 4.67. The Hall–Kier alpha value is -1.96. The maximum Gasteiger partial charge on any atom is 0.0371 e. The third kappa shape index (κ3) is 3.53. The number of nitrogen functional groups attached to an aromatic ring is 1. The second kappa shape index (κ2) is 6.47. The fourth-order valence-electron chi connectivity index (χ4n) is 2.66. The van der Waals surface area contributed by atoms with Crippen LogP contribution in [0.1, 0.15) is 25.0 Å². The van der Waals surface area contributed by atoms with Crippen LogP contribution >= 0.6 is 0 Å². The van der Waals surface area contributed by atoms with E-state index in [1.165, 1.54) is 16.8 Å². The number of anilines is 2. The number of rotatable bonds is 5. The lowest BCUT2D eigenvalue weighted by molar-refractivity contribution is 0.645. The Morgan fingerprint density at radius 1 is 1.10 bits per heavy atom. The van der Waals surface area contributed by atoms with Crippen molar-refractivity contribution in [1.29, 1.82) is 0 Å². The Morgan fingerprint density at radius 2 is 1.80 bits per heavy atom. The maximum absolute atomic E-state index is 5.74. The molecule has 0 saturated carbocycles. The molecule has 0 aliphatic rings. The van der Waals surface area contributed by atoms with Crippen LogP contribution in [0, 0.1) is 6.92 Å². The normalized spacial score (nSPS) is 12.2. The van der Waals surface area contributed by atoms with Crippen molar-refractivity contribution in [2.24, 2.45) is 0 Å². The summed E-state index contributed by atoms with van der Waals surface area (Å²) in [4.78, 5) is 2.45. The molecule has 2 heteroatoms. The number of hydrogen-bond donors (Lipinski definition) is 1. The fourth-order valence-corrected chi connectivity index (χ4v) is 2.66. The van der Waals surface area contributed by atoms with Gasteiger partial charge in [0.05, 0.1) is 0 Å². The van der Waals surface area contributed by atoms with Crippen LogP contribution in [0.4, 0.5) is 11.4 Å². The number of hydrogen-bond acceptors (Lipinski definition) is 2. The molecule has 0 bridgehead atoms. The Balaban J connectivity index is 2.13. The summed E-state index contributed by atoms with van der Waals surface area (Å²) in [7, 11) is 0. The molecule has 0 radical (unpaired) electrons. The number of benzene rings is 2. The van der Waals surface area contributed by atoms with Crippen LogP contribution < -0.4 is 10.6 Å². The summed E-state index contributed by atoms with van der Waals surface area (Å²) in [5.74, 6) is 0. The van der Waals surface area contributed by atoms with Crippen LogP contribution in [-0.4, -0.2) is 12.6 Å². The maximum atomic E-state index is 5.74. The van der Waals surface area contributed by atoms with Crippen molar-refractivity contribution in [2.75, 3.05) is 17.2 Å². The van der Waals surface area contributed by atoms with Gasteiger partial charge in [0.15, 0.2) is 0 Å². The van der Waals surface area contributed by atoms with Gasteiger partial charge in [-0.3, -0.25) is 0 Å². The van der Waals surface area contributed by atoms with E-state index in [1.807, 2.05) is 12.1 Å². The van der Waals surface area contributed by atoms with Crippen molar-refractivity contribution in [3.05, 3.63) is 59.7 Å². The van der Waals surface area contributed by atoms with E-state index in [-0.39, 0.29) is 0 Å². The van der Waals surface area contributed by atoms with Crippen molar-refractivity contribution in [3.63, 3.8) is 0 Å². The van der Waals surface area contributed by atoms with Crippen molar-refractivity contribution in [3.8, 4) is 0 Å². The molecule has 1 atom stereocenters. The molecular formula is C18H24N2. The Morgan fingerprint density at radius 3 is 2.40 bits per heavy atom. The minimum atomic E-state index is 0.463. The standard InChI is InChI=1S/C18H24N2/c1-4-20(18-7-5-6-14(2)12-18)15(3)13-16-8-10-17(19)11-9-16/h5-12,15H,4,13,19H2,1-3H3. The smallest absolute Gasteiger partial charge is 0.0371 e. The topological polar surface area (TPSA) is 29.3 Å². The van der Waals surface area contributed by atoms with Gasteiger partial charge in [0.25, 0.3) is 0 Å². The van der Waals surface area contributed by atoms with E-state index in [4.69, 9.17) is 5.73 Å². The molecule has 2 rings (SSSR count). The first-order chi connectivity index (χ1) is 9.60. The highest BCUT2D eigenvalue weighted by Gasteiger charge is 2.13. The van der Waals surface area contributed by atoms with Crippen molar-refractivity contribution in [1.82, 2.24) is 0 Å². The van der Waals surface area contributed by atoms with Crippen molar-refractivity contribution < 1.29 is 0 Å². The van der Waals surface area contributed by atoms with Gasteiger partial charge in [-0.25, -0.2) is 0 Å². The van der Waals surface area contributed by atoms with E-state index in [0.29, 0.717) is 6.04 Å². The monoisotopic (exact) mass is 268 g/mol. The van der Waals surface area contributed by atoms with Gasteiger partial charge < -0.3 is 10.6 Å². The van der Waals surface area contributed by atoms with Gasteiger partial charge in [0.1, 0.15) is 0 Å². The summed E-state index contributed by atoms with van der Waals surface area (Å²) >= 11 is 0. The SMILES string of the molecule is CCN(c1cccc(C)c1)C(C)Cc1ccc(N)cc1. The van der Waals surface area contributed by atoms with E-state index >= 15 is 0 Å². The summed E-state index contributed by atoms with van der Waals surface area (Å²) < 4.78 is 0. The van der Waals surface area contributed by atoms with Crippen molar-refractivity contribution in [2.45, 2.75) is 33.2 Å².